The summed E-state index contributed by atoms with van der Waals surface area (Å²) in [5, 5.41) is 25.6. The van der Waals surface area contributed by atoms with Gasteiger partial charge in [0.15, 0.2) is 11.9 Å². The Morgan fingerprint density at radius 2 is 1.45 bits per heavy atom. The Labute approximate surface area is 300 Å². The van der Waals surface area contributed by atoms with Gasteiger partial charge in [0.25, 0.3) is 0 Å². The molecule has 2 aliphatic rings. The maximum atomic E-state index is 14.6. The Morgan fingerprint density at radius 3 is 1.98 bits per heavy atom. The molecule has 12 heteroatoms. The number of hydrogen-bond acceptors (Lipinski definition) is 12. The minimum Gasteiger partial charge on any atom is -0.459 e. The van der Waals surface area contributed by atoms with Gasteiger partial charge in [0.05, 0.1) is 12.0 Å². The fourth-order valence-corrected chi connectivity index (χ4v) is 7.74. The molecule has 0 amide bonds. The second kappa shape index (κ2) is 16.6. The molecule has 282 valence electrons. The van der Waals surface area contributed by atoms with E-state index in [1.54, 1.807) is 63.3 Å². The highest BCUT2D eigenvalue weighted by Gasteiger charge is 2.69. The Morgan fingerprint density at radius 1 is 0.882 bits per heavy atom. The van der Waals surface area contributed by atoms with Crippen LogP contribution in [-0.4, -0.2) is 88.2 Å². The van der Waals surface area contributed by atoms with Crippen molar-refractivity contribution in [3.8, 4) is 0 Å². The van der Waals surface area contributed by atoms with E-state index in [0.717, 1.165) is 13.3 Å². The van der Waals surface area contributed by atoms with E-state index in [-0.39, 0.29) is 17.7 Å². The fraction of sp³-hybridized carbons (Fsp3) is 0.615. The van der Waals surface area contributed by atoms with Crippen molar-refractivity contribution in [3.63, 3.8) is 0 Å². The minimum absolute atomic E-state index is 0.164. The van der Waals surface area contributed by atoms with E-state index in [0.29, 0.717) is 6.42 Å². The molecule has 0 saturated heterocycles. The zero-order chi connectivity index (χ0) is 38.5. The Balaban J connectivity index is 2.47. The molecule has 1 aromatic carbocycles. The molecule has 1 aromatic rings. The minimum atomic E-state index is -2.24. The first-order chi connectivity index (χ1) is 23.7. The largest absolute Gasteiger partial charge is 0.459 e. The SMILES string of the molecule is C=C1[C@@H](O)C2[C@@H](C(=O)c3ccccc3)[C@](C)(OC(C)=O)C[C@]2(O)C(OC(C)=O)[C@@H](C)/C=C\C(C)(C)[C@@H](OC(C)=O)[C@H](OCCCC)[C@H]1OC(C)=O. The van der Waals surface area contributed by atoms with Gasteiger partial charge in [-0.25, -0.2) is 0 Å². The Hall–Kier alpha value is -3.87. The van der Waals surface area contributed by atoms with Crippen LogP contribution in [0.2, 0.25) is 0 Å². The lowest BCUT2D eigenvalue weighted by atomic mass is 9.69. The first-order valence-electron chi connectivity index (χ1n) is 17.4. The van der Waals surface area contributed by atoms with Crippen molar-refractivity contribution >= 4 is 29.7 Å². The normalized spacial score (nSPS) is 34.1. The van der Waals surface area contributed by atoms with Crippen LogP contribution in [0.25, 0.3) is 0 Å². The second-order valence-electron chi connectivity index (χ2n) is 14.6. The Bertz CT molecular complexity index is 1480. The highest BCUT2D eigenvalue weighted by molar-refractivity contribution is 5.99. The monoisotopic (exact) mass is 714 g/mol. The molecule has 1 fully saturated rings. The van der Waals surface area contributed by atoms with Crippen LogP contribution in [0.3, 0.4) is 0 Å². The van der Waals surface area contributed by atoms with Crippen LogP contribution in [-0.2, 0) is 42.9 Å². The van der Waals surface area contributed by atoms with Gasteiger partial charge in [0.1, 0.15) is 29.5 Å². The zero-order valence-corrected chi connectivity index (χ0v) is 31.2. The summed E-state index contributed by atoms with van der Waals surface area (Å²) in [6.45, 7) is 17.7. The molecule has 10 atom stereocenters. The third-order valence-electron chi connectivity index (χ3n) is 9.85. The highest BCUT2D eigenvalue weighted by Crippen LogP contribution is 2.56. The molecular formula is C39H54O12. The molecule has 2 aliphatic carbocycles. The third-order valence-corrected chi connectivity index (χ3v) is 9.85. The van der Waals surface area contributed by atoms with E-state index < -0.39 is 101 Å². The summed E-state index contributed by atoms with van der Waals surface area (Å²) in [5.41, 5.74) is -5.00. The molecule has 2 N–H and O–H groups in total. The summed E-state index contributed by atoms with van der Waals surface area (Å²) >= 11 is 0. The third kappa shape index (κ3) is 9.33. The van der Waals surface area contributed by atoms with Gasteiger partial charge in [0, 0.05) is 63.5 Å². The summed E-state index contributed by atoms with van der Waals surface area (Å²) in [6.07, 6.45) is -2.77. The van der Waals surface area contributed by atoms with Crippen molar-refractivity contribution in [2.24, 2.45) is 23.2 Å². The van der Waals surface area contributed by atoms with Crippen molar-refractivity contribution in [3.05, 3.63) is 60.2 Å². The molecular weight excluding hydrogens is 660 g/mol. The number of rotatable bonds is 10. The van der Waals surface area contributed by atoms with Gasteiger partial charge >= 0.3 is 23.9 Å². The van der Waals surface area contributed by atoms with Gasteiger partial charge in [-0.1, -0.05) is 83.2 Å². The summed E-state index contributed by atoms with van der Waals surface area (Å²) in [7, 11) is 0. The van der Waals surface area contributed by atoms with E-state index in [1.165, 1.54) is 27.7 Å². The number of carbonyl (C=O) groups excluding carboxylic acids is 5. The number of carbonyl (C=O) groups is 5. The topological polar surface area (TPSA) is 172 Å². The predicted octanol–water partition coefficient (Wildman–Crippen LogP) is 4.69. The van der Waals surface area contributed by atoms with Gasteiger partial charge in [-0.2, -0.15) is 0 Å². The number of benzene rings is 1. The van der Waals surface area contributed by atoms with Crippen LogP contribution in [0, 0.1) is 23.2 Å². The fourth-order valence-electron chi connectivity index (χ4n) is 7.74. The van der Waals surface area contributed by atoms with Crippen LogP contribution >= 0.6 is 0 Å². The molecule has 0 radical (unpaired) electrons. The molecule has 0 bridgehead atoms. The van der Waals surface area contributed by atoms with Gasteiger partial charge < -0.3 is 33.9 Å². The Kier molecular flexibility index (Phi) is 13.6. The smallest absolute Gasteiger partial charge is 0.303 e. The van der Waals surface area contributed by atoms with Crippen molar-refractivity contribution in [1.82, 2.24) is 0 Å². The van der Waals surface area contributed by atoms with E-state index >= 15 is 0 Å². The van der Waals surface area contributed by atoms with Gasteiger partial charge in [-0.05, 0) is 18.9 Å². The van der Waals surface area contributed by atoms with Crippen molar-refractivity contribution in [1.29, 1.82) is 0 Å². The summed E-state index contributed by atoms with van der Waals surface area (Å²) < 4.78 is 29.8. The van der Waals surface area contributed by atoms with Gasteiger partial charge in [-0.15, -0.1) is 0 Å². The summed E-state index contributed by atoms with van der Waals surface area (Å²) in [4.78, 5) is 65.3. The van der Waals surface area contributed by atoms with E-state index in [4.69, 9.17) is 23.7 Å². The number of unbranched alkanes of at least 4 members (excludes halogenated alkanes) is 1. The zero-order valence-electron chi connectivity index (χ0n) is 31.2. The molecule has 0 aliphatic heterocycles. The molecule has 3 rings (SSSR count). The number of aliphatic hydroxyl groups is 2. The van der Waals surface area contributed by atoms with E-state index in [2.05, 4.69) is 6.58 Å². The van der Waals surface area contributed by atoms with Crippen LogP contribution in [0.1, 0.15) is 91.9 Å². The van der Waals surface area contributed by atoms with Crippen molar-refractivity contribution in [2.75, 3.05) is 6.61 Å². The number of hydrogen-bond donors (Lipinski definition) is 2. The summed E-state index contributed by atoms with van der Waals surface area (Å²) in [6, 6.07) is 8.13. The van der Waals surface area contributed by atoms with Gasteiger partial charge in [-0.3, -0.25) is 24.0 Å². The average Bonchev–Trinajstić information content (AvgIpc) is 3.27. The average molecular weight is 715 g/mol. The van der Waals surface area contributed by atoms with Crippen molar-refractivity contribution in [2.45, 2.75) is 123 Å². The number of Topliss-reactive ketones (excluding diaryl/α,β-unsaturated/α-hetero) is 1. The maximum Gasteiger partial charge on any atom is 0.303 e. The van der Waals surface area contributed by atoms with Crippen LogP contribution in [0.5, 0.6) is 0 Å². The quantitative estimate of drug-likeness (QED) is 0.113. The molecule has 2 unspecified atom stereocenters. The van der Waals surface area contributed by atoms with Gasteiger partial charge in [0.2, 0.25) is 0 Å². The van der Waals surface area contributed by atoms with E-state index in [9.17, 15) is 34.2 Å². The maximum absolute atomic E-state index is 14.6. The highest BCUT2D eigenvalue weighted by atomic mass is 16.6. The van der Waals surface area contributed by atoms with Crippen LogP contribution in [0.15, 0.2) is 54.6 Å². The lowest BCUT2D eigenvalue weighted by molar-refractivity contribution is -0.189. The molecule has 0 heterocycles. The second-order valence-corrected chi connectivity index (χ2v) is 14.6. The predicted molar refractivity (Wildman–Crippen MR) is 186 cm³/mol. The molecule has 51 heavy (non-hydrogen) atoms. The lowest BCUT2D eigenvalue weighted by Gasteiger charge is -2.45. The molecule has 1 saturated carbocycles. The van der Waals surface area contributed by atoms with Crippen molar-refractivity contribution < 1.29 is 57.9 Å². The number of ether oxygens (including phenoxy) is 5. The molecule has 0 spiro atoms. The van der Waals surface area contributed by atoms with Crippen LogP contribution < -0.4 is 0 Å². The van der Waals surface area contributed by atoms with Crippen LogP contribution in [0.4, 0.5) is 0 Å². The standard InChI is InChI=1S/C39H54O12/c1-11-12-20-47-34-33(48-24(4)40)23(3)31(44)30-29(32(45)28-16-14-13-15-17-28)38(10,51-27(7)43)21-39(30,46)35(49-25(5)41)22(2)18-19-37(8,9)36(34)50-26(6)42/h13-19,22,29-31,33-36,44,46H,3,11-12,20-21H2,1-2,4-10H3/b19-18-/t22-,29-,30?,31+,33-,34+,35?,36-,38+,39+/m0/s1. The number of ketones is 1. The summed E-state index contributed by atoms with van der Waals surface area (Å²) in [5.74, 6) is -7.26. The number of esters is 4. The number of fused-ring (bicyclic) bond motifs is 1. The number of aliphatic hydroxyl groups excluding tert-OH is 1. The first kappa shape index (κ1) is 41.5. The molecule has 0 aromatic heterocycles. The molecule has 12 nitrogen and oxygen atoms in total. The van der Waals surface area contributed by atoms with E-state index in [1.807, 2.05) is 6.92 Å². The first-order valence-corrected chi connectivity index (χ1v) is 17.4. The lowest BCUT2D eigenvalue weighted by Crippen LogP contribution is -2.58.